The van der Waals surface area contributed by atoms with Crippen LogP contribution in [0.1, 0.15) is 19.3 Å². The number of halogens is 6. The lowest BCUT2D eigenvalue weighted by molar-refractivity contribution is -0.132. The lowest BCUT2D eigenvalue weighted by atomic mass is 9.98. The summed E-state index contributed by atoms with van der Waals surface area (Å²) in [5, 5.41) is 5.27. The Morgan fingerprint density at radius 1 is 1.12 bits per heavy atom. The van der Waals surface area contributed by atoms with Crippen LogP contribution in [-0.4, -0.2) is 63.6 Å². The summed E-state index contributed by atoms with van der Waals surface area (Å²) in [5.74, 6) is 0.0374. The Morgan fingerprint density at radius 2 is 1.68 bits per heavy atom. The largest absolute Gasteiger partial charge is 0.511 e. The summed E-state index contributed by atoms with van der Waals surface area (Å²) in [7, 11) is -3.94. The predicted molar refractivity (Wildman–Crippen MR) is 79.3 cm³/mol. The van der Waals surface area contributed by atoms with Gasteiger partial charge in [0.05, 0.1) is 6.42 Å². The maximum absolute atomic E-state index is 12.5. The van der Waals surface area contributed by atoms with E-state index < -0.39 is 28.1 Å². The zero-order valence-corrected chi connectivity index (χ0v) is 14.2. The first-order valence-electron chi connectivity index (χ1n) is 7.44. The van der Waals surface area contributed by atoms with E-state index in [9.17, 15) is 34.8 Å². The third-order valence-electron chi connectivity index (χ3n) is 3.69. The van der Waals surface area contributed by atoms with Gasteiger partial charge >= 0.3 is 21.7 Å². The van der Waals surface area contributed by atoms with Crippen LogP contribution in [-0.2, 0) is 10.0 Å². The number of alkyl halides is 6. The van der Waals surface area contributed by atoms with Crippen LogP contribution in [0.3, 0.4) is 0 Å². The Bertz CT molecular complexity index is 553. The Balaban J connectivity index is 2.39. The highest BCUT2D eigenvalue weighted by Crippen LogP contribution is 2.30. The molecule has 0 aromatic carbocycles. The SMILES string of the molecule is CN=C(NCCC(F)(F)F)NCC1CCN(S(=O)(=O)C(F)(F)F)CC1. The molecule has 0 amide bonds. The van der Waals surface area contributed by atoms with Crippen molar-refractivity contribution in [2.24, 2.45) is 10.9 Å². The number of nitrogens with zero attached hydrogens (tertiary/aromatic N) is 2. The molecule has 1 aliphatic heterocycles. The van der Waals surface area contributed by atoms with Gasteiger partial charge in [0, 0.05) is 33.2 Å². The number of hydrogen-bond acceptors (Lipinski definition) is 3. The van der Waals surface area contributed by atoms with E-state index in [1.807, 2.05) is 0 Å². The van der Waals surface area contributed by atoms with Gasteiger partial charge in [-0.1, -0.05) is 0 Å². The van der Waals surface area contributed by atoms with Gasteiger partial charge < -0.3 is 10.6 Å². The molecule has 0 aromatic heterocycles. The van der Waals surface area contributed by atoms with Gasteiger partial charge in [-0.25, -0.2) is 8.42 Å². The van der Waals surface area contributed by atoms with E-state index in [-0.39, 0.29) is 50.9 Å². The highest BCUT2D eigenvalue weighted by Gasteiger charge is 2.50. The highest BCUT2D eigenvalue weighted by molar-refractivity contribution is 7.90. The van der Waals surface area contributed by atoms with E-state index in [1.165, 1.54) is 7.05 Å². The molecular weight excluding hydrogens is 378 g/mol. The first-order chi connectivity index (χ1) is 11.4. The van der Waals surface area contributed by atoms with E-state index in [0.717, 1.165) is 0 Å². The number of guanidine groups is 1. The third-order valence-corrected chi connectivity index (χ3v) is 5.32. The van der Waals surface area contributed by atoms with E-state index in [4.69, 9.17) is 0 Å². The molecule has 0 bridgehead atoms. The van der Waals surface area contributed by atoms with Crippen LogP contribution in [0.5, 0.6) is 0 Å². The van der Waals surface area contributed by atoms with Crippen molar-refractivity contribution in [3.05, 3.63) is 0 Å². The molecule has 0 aliphatic carbocycles. The minimum Gasteiger partial charge on any atom is -0.356 e. The van der Waals surface area contributed by atoms with E-state index >= 15 is 0 Å². The molecule has 2 N–H and O–H groups in total. The molecule has 6 nitrogen and oxygen atoms in total. The zero-order chi connectivity index (χ0) is 19.3. The quantitative estimate of drug-likeness (QED) is 0.420. The number of piperidine rings is 1. The molecule has 1 rings (SSSR count). The van der Waals surface area contributed by atoms with Crippen LogP contribution in [0, 0.1) is 5.92 Å². The fraction of sp³-hybridized carbons (Fsp3) is 0.917. The molecule has 13 heteroatoms. The lowest BCUT2D eigenvalue weighted by Gasteiger charge is -2.31. The van der Waals surface area contributed by atoms with Gasteiger partial charge in [0.2, 0.25) is 0 Å². The summed E-state index contributed by atoms with van der Waals surface area (Å²) in [6, 6.07) is 0. The molecule has 0 spiro atoms. The number of hydrogen-bond donors (Lipinski definition) is 2. The summed E-state index contributed by atoms with van der Waals surface area (Å²) in [6.45, 7) is -0.598. The van der Waals surface area contributed by atoms with Gasteiger partial charge in [0.1, 0.15) is 0 Å². The maximum Gasteiger partial charge on any atom is 0.511 e. The van der Waals surface area contributed by atoms with Crippen LogP contribution in [0.25, 0.3) is 0 Å². The van der Waals surface area contributed by atoms with Crippen LogP contribution < -0.4 is 10.6 Å². The third kappa shape index (κ3) is 6.88. The van der Waals surface area contributed by atoms with Crippen molar-refractivity contribution in [2.75, 3.05) is 33.2 Å². The summed E-state index contributed by atoms with van der Waals surface area (Å²) in [6.07, 6.45) is -4.90. The molecule has 1 heterocycles. The number of aliphatic imine (C=N–C) groups is 1. The highest BCUT2D eigenvalue weighted by atomic mass is 32.2. The van der Waals surface area contributed by atoms with Gasteiger partial charge in [0.15, 0.2) is 5.96 Å². The second-order valence-electron chi connectivity index (χ2n) is 5.54. The molecule has 1 aliphatic rings. The smallest absolute Gasteiger partial charge is 0.356 e. The second-order valence-corrected chi connectivity index (χ2v) is 7.47. The summed E-state index contributed by atoms with van der Waals surface area (Å²) < 4.78 is 96.6. The number of sulfonamides is 1. The molecule has 0 atom stereocenters. The van der Waals surface area contributed by atoms with Crippen LogP contribution >= 0.6 is 0 Å². The van der Waals surface area contributed by atoms with Crippen molar-refractivity contribution >= 4 is 16.0 Å². The Kier molecular flexibility index (Phi) is 7.35. The maximum atomic E-state index is 12.5. The first-order valence-corrected chi connectivity index (χ1v) is 8.88. The van der Waals surface area contributed by atoms with E-state index in [0.29, 0.717) is 4.31 Å². The summed E-state index contributed by atoms with van der Waals surface area (Å²) in [4.78, 5) is 3.75. The first kappa shape index (κ1) is 21.8. The Hall–Kier alpha value is -1.24. The van der Waals surface area contributed by atoms with Gasteiger partial charge in [0.25, 0.3) is 0 Å². The minimum atomic E-state index is -5.32. The minimum absolute atomic E-state index is 0.110. The molecule has 0 aromatic rings. The van der Waals surface area contributed by atoms with Gasteiger partial charge in [-0.15, -0.1) is 0 Å². The predicted octanol–water partition coefficient (Wildman–Crippen LogP) is 1.67. The van der Waals surface area contributed by atoms with Crippen molar-refractivity contribution in [1.82, 2.24) is 14.9 Å². The molecular formula is C12H20F6N4O2S. The van der Waals surface area contributed by atoms with Crippen LogP contribution in [0.4, 0.5) is 26.3 Å². The fourth-order valence-corrected chi connectivity index (χ4v) is 3.27. The van der Waals surface area contributed by atoms with Gasteiger partial charge in [-0.2, -0.15) is 30.6 Å². The monoisotopic (exact) mass is 398 g/mol. The Labute approximate surface area is 141 Å². The summed E-state index contributed by atoms with van der Waals surface area (Å²) in [5.41, 5.74) is -5.32. The number of nitrogens with one attached hydrogen (secondary N) is 2. The second kappa shape index (κ2) is 8.43. The molecule has 148 valence electrons. The van der Waals surface area contributed by atoms with Crippen molar-refractivity contribution in [3.8, 4) is 0 Å². The zero-order valence-electron chi connectivity index (χ0n) is 13.4. The van der Waals surface area contributed by atoms with Crippen molar-refractivity contribution < 1.29 is 34.8 Å². The van der Waals surface area contributed by atoms with Crippen LogP contribution in [0.2, 0.25) is 0 Å². The molecule has 25 heavy (non-hydrogen) atoms. The molecule has 0 unspecified atom stereocenters. The fourth-order valence-electron chi connectivity index (χ4n) is 2.28. The van der Waals surface area contributed by atoms with E-state index in [1.54, 1.807) is 0 Å². The van der Waals surface area contributed by atoms with Crippen molar-refractivity contribution in [3.63, 3.8) is 0 Å². The van der Waals surface area contributed by atoms with Crippen molar-refractivity contribution in [1.29, 1.82) is 0 Å². The van der Waals surface area contributed by atoms with Crippen molar-refractivity contribution in [2.45, 2.75) is 30.9 Å². The molecule has 1 fully saturated rings. The van der Waals surface area contributed by atoms with Crippen LogP contribution in [0.15, 0.2) is 4.99 Å². The Morgan fingerprint density at radius 3 is 2.12 bits per heavy atom. The average molecular weight is 398 g/mol. The normalized spacial score (nSPS) is 19.1. The molecule has 1 saturated heterocycles. The average Bonchev–Trinajstić information content (AvgIpc) is 2.48. The van der Waals surface area contributed by atoms with Gasteiger partial charge in [-0.05, 0) is 18.8 Å². The topological polar surface area (TPSA) is 73.8 Å². The molecule has 0 saturated carbocycles. The van der Waals surface area contributed by atoms with Gasteiger partial charge in [-0.3, -0.25) is 4.99 Å². The van der Waals surface area contributed by atoms with E-state index in [2.05, 4.69) is 15.6 Å². The summed E-state index contributed by atoms with van der Waals surface area (Å²) >= 11 is 0. The lowest BCUT2D eigenvalue weighted by Crippen LogP contribution is -2.47. The molecule has 0 radical (unpaired) electrons. The standard InChI is InChI=1S/C12H20F6N4O2S/c1-19-10(20-5-4-11(13,14)15)21-8-9-2-6-22(7-3-9)25(23,24)12(16,17)18/h9H,2-8H2,1H3,(H2,19,20,21). The number of rotatable bonds is 5.